The molecule has 0 saturated carbocycles. The smallest absolute Gasteiger partial charge is 0.244 e. The van der Waals surface area contributed by atoms with Crippen LogP contribution in [0.1, 0.15) is 26.7 Å². The summed E-state index contributed by atoms with van der Waals surface area (Å²) in [6.07, 6.45) is 1.35. The summed E-state index contributed by atoms with van der Waals surface area (Å²) in [5.74, 6) is -0.844. The number of benzene rings is 1. The molecule has 94 valence electrons. The third kappa shape index (κ3) is 3.98. The predicted molar refractivity (Wildman–Crippen MR) is 67.5 cm³/mol. The molecule has 0 radical (unpaired) electrons. The molecular weight excluding hydrogens is 243 g/mol. The maximum atomic E-state index is 13.1. The van der Waals surface area contributed by atoms with E-state index in [9.17, 15) is 9.18 Å². The molecule has 3 nitrogen and oxygen atoms in total. The molecule has 0 spiro atoms. The number of anilines is 1. The van der Waals surface area contributed by atoms with Crippen LogP contribution >= 0.6 is 11.6 Å². The zero-order valence-corrected chi connectivity index (χ0v) is 10.6. The topological polar surface area (TPSA) is 55.1 Å². The summed E-state index contributed by atoms with van der Waals surface area (Å²) >= 11 is 5.69. The van der Waals surface area contributed by atoms with E-state index >= 15 is 0 Å². The van der Waals surface area contributed by atoms with E-state index < -0.39 is 11.4 Å². The summed E-state index contributed by atoms with van der Waals surface area (Å²) in [5, 5.41) is 2.79. The number of rotatable bonds is 4. The first-order chi connectivity index (χ1) is 7.85. The first kappa shape index (κ1) is 13.9. The van der Waals surface area contributed by atoms with Crippen LogP contribution in [0.2, 0.25) is 5.02 Å². The molecule has 1 rings (SSSR count). The largest absolute Gasteiger partial charge is 0.324 e. The van der Waals surface area contributed by atoms with E-state index in [1.165, 1.54) is 18.2 Å². The molecule has 1 aromatic carbocycles. The van der Waals surface area contributed by atoms with Crippen molar-refractivity contribution in [2.45, 2.75) is 32.2 Å². The van der Waals surface area contributed by atoms with Gasteiger partial charge in [0.15, 0.2) is 0 Å². The molecule has 1 aromatic rings. The minimum atomic E-state index is -0.965. The third-order valence-electron chi connectivity index (χ3n) is 2.41. The van der Waals surface area contributed by atoms with Crippen molar-refractivity contribution in [3.05, 3.63) is 29.0 Å². The zero-order chi connectivity index (χ0) is 13.1. The monoisotopic (exact) mass is 258 g/mol. The molecule has 1 unspecified atom stereocenters. The molecule has 0 heterocycles. The molecule has 5 heteroatoms. The molecule has 17 heavy (non-hydrogen) atoms. The van der Waals surface area contributed by atoms with Crippen molar-refractivity contribution in [3.8, 4) is 0 Å². The molecule has 0 aliphatic rings. The van der Waals surface area contributed by atoms with E-state index in [4.69, 9.17) is 17.3 Å². The number of amides is 1. The highest BCUT2D eigenvalue weighted by Gasteiger charge is 2.27. The standard InChI is InChI=1S/C12H16ClFN2O/c1-3-4-12(2,15)11(17)16-10-6-8(13)5-9(14)7-10/h5-7H,3-4,15H2,1-2H3,(H,16,17). The summed E-state index contributed by atoms with van der Waals surface area (Å²) in [7, 11) is 0. The van der Waals surface area contributed by atoms with Crippen LogP contribution in [0.3, 0.4) is 0 Å². The Bertz CT molecular complexity index is 401. The van der Waals surface area contributed by atoms with Crippen molar-refractivity contribution in [3.63, 3.8) is 0 Å². The SMILES string of the molecule is CCCC(C)(N)C(=O)Nc1cc(F)cc(Cl)c1. The summed E-state index contributed by atoms with van der Waals surface area (Å²) < 4.78 is 13.1. The fourth-order valence-corrected chi connectivity index (χ4v) is 1.75. The number of nitrogens with two attached hydrogens (primary N) is 1. The fraction of sp³-hybridized carbons (Fsp3) is 0.417. The normalized spacial score (nSPS) is 14.2. The minimum absolute atomic E-state index is 0.231. The summed E-state index contributed by atoms with van der Waals surface area (Å²) in [6, 6.07) is 3.85. The Morgan fingerprint density at radius 2 is 2.18 bits per heavy atom. The Hall–Kier alpha value is -1.13. The predicted octanol–water partition coefficient (Wildman–Crippen LogP) is 2.94. The highest BCUT2D eigenvalue weighted by atomic mass is 35.5. The first-order valence-electron chi connectivity index (χ1n) is 5.41. The van der Waals surface area contributed by atoms with Gasteiger partial charge in [0, 0.05) is 10.7 Å². The average molecular weight is 259 g/mol. The van der Waals surface area contributed by atoms with Gasteiger partial charge in [0.1, 0.15) is 5.82 Å². The molecule has 0 saturated heterocycles. The van der Waals surface area contributed by atoms with E-state index in [0.29, 0.717) is 12.1 Å². The van der Waals surface area contributed by atoms with Gasteiger partial charge in [0.25, 0.3) is 0 Å². The van der Waals surface area contributed by atoms with Crippen LogP contribution in [0.15, 0.2) is 18.2 Å². The molecule has 3 N–H and O–H groups in total. The molecular formula is C12H16ClFN2O. The van der Waals surface area contributed by atoms with Gasteiger partial charge in [-0.2, -0.15) is 0 Å². The van der Waals surface area contributed by atoms with E-state index in [-0.39, 0.29) is 10.9 Å². The van der Waals surface area contributed by atoms with Crippen LogP contribution in [-0.2, 0) is 4.79 Å². The van der Waals surface area contributed by atoms with E-state index in [1.807, 2.05) is 6.92 Å². The van der Waals surface area contributed by atoms with Gasteiger partial charge in [-0.1, -0.05) is 24.9 Å². The maximum absolute atomic E-state index is 13.1. The quantitative estimate of drug-likeness (QED) is 0.872. The van der Waals surface area contributed by atoms with Gasteiger partial charge in [-0.15, -0.1) is 0 Å². The van der Waals surface area contributed by atoms with Gasteiger partial charge in [-0.3, -0.25) is 4.79 Å². The molecule has 1 atom stereocenters. The molecule has 0 bridgehead atoms. The lowest BCUT2D eigenvalue weighted by Crippen LogP contribution is -2.48. The van der Waals surface area contributed by atoms with Crippen LogP contribution < -0.4 is 11.1 Å². The Morgan fingerprint density at radius 1 is 1.53 bits per heavy atom. The lowest BCUT2D eigenvalue weighted by Gasteiger charge is -2.22. The lowest BCUT2D eigenvalue weighted by atomic mass is 9.96. The Morgan fingerprint density at radius 3 is 2.71 bits per heavy atom. The van der Waals surface area contributed by atoms with Gasteiger partial charge >= 0.3 is 0 Å². The molecule has 0 aromatic heterocycles. The number of nitrogens with one attached hydrogen (secondary N) is 1. The number of hydrogen-bond donors (Lipinski definition) is 2. The number of halogens is 2. The van der Waals surface area contributed by atoms with Crippen LogP contribution in [0.4, 0.5) is 10.1 Å². The Balaban J connectivity index is 2.80. The Labute approximate surface area is 105 Å². The van der Waals surface area contributed by atoms with Crippen molar-refractivity contribution >= 4 is 23.2 Å². The van der Waals surface area contributed by atoms with E-state index in [1.54, 1.807) is 6.92 Å². The van der Waals surface area contributed by atoms with Crippen molar-refractivity contribution < 1.29 is 9.18 Å². The van der Waals surface area contributed by atoms with Crippen LogP contribution in [0.5, 0.6) is 0 Å². The molecule has 1 amide bonds. The zero-order valence-electron chi connectivity index (χ0n) is 9.89. The van der Waals surface area contributed by atoms with E-state index in [0.717, 1.165) is 6.42 Å². The lowest BCUT2D eigenvalue weighted by molar-refractivity contribution is -0.120. The highest BCUT2D eigenvalue weighted by Crippen LogP contribution is 2.19. The van der Waals surface area contributed by atoms with Gasteiger partial charge in [0.05, 0.1) is 5.54 Å². The van der Waals surface area contributed by atoms with Gasteiger partial charge in [-0.25, -0.2) is 4.39 Å². The van der Waals surface area contributed by atoms with Crippen molar-refractivity contribution in [1.29, 1.82) is 0 Å². The number of carbonyl (C=O) groups excluding carboxylic acids is 1. The summed E-state index contributed by atoms with van der Waals surface area (Å²) in [6.45, 7) is 3.59. The van der Waals surface area contributed by atoms with Crippen LogP contribution in [0, 0.1) is 5.82 Å². The Kier molecular flexibility index (Phi) is 4.48. The van der Waals surface area contributed by atoms with Crippen LogP contribution in [0.25, 0.3) is 0 Å². The average Bonchev–Trinajstić information content (AvgIpc) is 2.15. The van der Waals surface area contributed by atoms with E-state index in [2.05, 4.69) is 5.32 Å². The second kappa shape index (κ2) is 5.47. The van der Waals surface area contributed by atoms with Crippen molar-refractivity contribution in [1.82, 2.24) is 0 Å². The second-order valence-corrected chi connectivity index (χ2v) is 4.72. The summed E-state index contributed by atoms with van der Waals surface area (Å²) in [5.41, 5.74) is 5.20. The van der Waals surface area contributed by atoms with Crippen LogP contribution in [-0.4, -0.2) is 11.4 Å². The van der Waals surface area contributed by atoms with Gasteiger partial charge in [-0.05, 0) is 31.5 Å². The summed E-state index contributed by atoms with van der Waals surface area (Å²) in [4.78, 5) is 11.8. The highest BCUT2D eigenvalue weighted by molar-refractivity contribution is 6.30. The van der Waals surface area contributed by atoms with Gasteiger partial charge in [0.2, 0.25) is 5.91 Å². The minimum Gasteiger partial charge on any atom is -0.324 e. The number of hydrogen-bond acceptors (Lipinski definition) is 2. The van der Waals surface area contributed by atoms with Gasteiger partial charge < -0.3 is 11.1 Å². The maximum Gasteiger partial charge on any atom is 0.244 e. The first-order valence-corrected chi connectivity index (χ1v) is 5.79. The molecule has 0 aliphatic carbocycles. The molecule has 0 aliphatic heterocycles. The molecule has 0 fully saturated rings. The fourth-order valence-electron chi connectivity index (χ4n) is 1.53. The number of carbonyl (C=O) groups is 1. The van der Waals surface area contributed by atoms with Crippen molar-refractivity contribution in [2.24, 2.45) is 5.73 Å². The van der Waals surface area contributed by atoms with Crippen molar-refractivity contribution in [2.75, 3.05) is 5.32 Å². The second-order valence-electron chi connectivity index (χ2n) is 4.28. The third-order valence-corrected chi connectivity index (χ3v) is 2.63.